The third kappa shape index (κ3) is 2.39. The molecule has 0 saturated heterocycles. The third-order valence-corrected chi connectivity index (χ3v) is 2.94. The smallest absolute Gasteiger partial charge is 0.199 e. The first-order valence-corrected chi connectivity index (χ1v) is 5.78. The minimum atomic E-state index is -1.27. The Kier molecular flexibility index (Phi) is 3.79. The molecule has 20 heavy (non-hydrogen) atoms. The molecule has 0 aliphatic rings. The van der Waals surface area contributed by atoms with Crippen LogP contribution in [0.15, 0.2) is 30.3 Å². The second-order valence-corrected chi connectivity index (χ2v) is 4.23. The van der Waals surface area contributed by atoms with Crippen LogP contribution in [0, 0.1) is 24.4 Å². The molecular weight excluding hydrogens is 269 g/mol. The summed E-state index contributed by atoms with van der Waals surface area (Å²) in [5, 5.41) is 0. The van der Waals surface area contributed by atoms with Crippen molar-refractivity contribution in [2.75, 3.05) is 7.11 Å². The summed E-state index contributed by atoms with van der Waals surface area (Å²) in [6.45, 7) is 1.38. The molecule has 2 aromatic rings. The van der Waals surface area contributed by atoms with E-state index >= 15 is 0 Å². The van der Waals surface area contributed by atoms with Crippen molar-refractivity contribution in [3.05, 3.63) is 64.5 Å². The number of hydrogen-bond donors (Lipinski definition) is 0. The average Bonchev–Trinajstić information content (AvgIpc) is 2.44. The molecule has 5 heteroatoms. The van der Waals surface area contributed by atoms with E-state index in [1.807, 2.05) is 0 Å². The number of ketones is 1. The monoisotopic (exact) mass is 280 g/mol. The highest BCUT2D eigenvalue weighted by Gasteiger charge is 2.21. The van der Waals surface area contributed by atoms with E-state index in [-0.39, 0.29) is 16.9 Å². The van der Waals surface area contributed by atoms with Gasteiger partial charge in [0.15, 0.2) is 17.4 Å². The first kappa shape index (κ1) is 14.1. The molecule has 0 atom stereocenters. The molecular formula is C15H11F3O2. The van der Waals surface area contributed by atoms with Crippen LogP contribution in [0.3, 0.4) is 0 Å². The number of halogens is 3. The molecule has 2 aromatic carbocycles. The third-order valence-electron chi connectivity index (χ3n) is 2.94. The Labute approximate surface area is 113 Å². The highest BCUT2D eigenvalue weighted by atomic mass is 19.2. The number of aryl methyl sites for hydroxylation is 1. The SMILES string of the molecule is COc1ccc(C(=O)c2ccc(C)c(F)c2F)c(F)c1. The van der Waals surface area contributed by atoms with Gasteiger partial charge in [-0.25, -0.2) is 13.2 Å². The van der Waals surface area contributed by atoms with Crippen molar-refractivity contribution in [3.8, 4) is 5.75 Å². The van der Waals surface area contributed by atoms with E-state index < -0.39 is 28.8 Å². The lowest BCUT2D eigenvalue weighted by Crippen LogP contribution is -2.09. The van der Waals surface area contributed by atoms with E-state index in [2.05, 4.69) is 0 Å². The van der Waals surface area contributed by atoms with Gasteiger partial charge >= 0.3 is 0 Å². The van der Waals surface area contributed by atoms with Crippen molar-refractivity contribution in [2.24, 2.45) is 0 Å². The lowest BCUT2D eigenvalue weighted by molar-refractivity contribution is 0.103. The number of rotatable bonds is 3. The summed E-state index contributed by atoms with van der Waals surface area (Å²) in [5.41, 5.74) is -0.764. The fraction of sp³-hybridized carbons (Fsp3) is 0.133. The van der Waals surface area contributed by atoms with Crippen LogP contribution in [0.5, 0.6) is 5.75 Å². The number of carbonyl (C=O) groups is 1. The summed E-state index contributed by atoms with van der Waals surface area (Å²) < 4.78 is 45.8. The minimum Gasteiger partial charge on any atom is -0.497 e. The Hall–Kier alpha value is -2.30. The quantitative estimate of drug-likeness (QED) is 0.802. The van der Waals surface area contributed by atoms with Crippen LogP contribution in [0.2, 0.25) is 0 Å². The van der Waals surface area contributed by atoms with Gasteiger partial charge < -0.3 is 4.74 Å². The summed E-state index contributed by atoms with van der Waals surface area (Å²) >= 11 is 0. The van der Waals surface area contributed by atoms with Gasteiger partial charge in [0.25, 0.3) is 0 Å². The van der Waals surface area contributed by atoms with Crippen molar-refractivity contribution in [1.29, 1.82) is 0 Å². The number of ether oxygens (including phenoxy) is 1. The normalized spacial score (nSPS) is 10.4. The largest absolute Gasteiger partial charge is 0.497 e. The van der Waals surface area contributed by atoms with E-state index in [1.165, 1.54) is 32.2 Å². The van der Waals surface area contributed by atoms with Crippen LogP contribution in [0.4, 0.5) is 13.2 Å². The number of carbonyl (C=O) groups excluding carboxylic acids is 1. The topological polar surface area (TPSA) is 26.3 Å². The molecule has 0 aromatic heterocycles. The fourth-order valence-electron chi connectivity index (χ4n) is 1.77. The van der Waals surface area contributed by atoms with Gasteiger partial charge in [-0.1, -0.05) is 6.07 Å². The molecule has 0 bridgehead atoms. The van der Waals surface area contributed by atoms with E-state index in [9.17, 15) is 18.0 Å². The van der Waals surface area contributed by atoms with Crippen molar-refractivity contribution in [1.82, 2.24) is 0 Å². The minimum absolute atomic E-state index is 0.0780. The maximum Gasteiger partial charge on any atom is 0.199 e. The number of hydrogen-bond acceptors (Lipinski definition) is 2. The molecule has 0 heterocycles. The van der Waals surface area contributed by atoms with E-state index in [0.29, 0.717) is 0 Å². The molecule has 2 rings (SSSR count). The van der Waals surface area contributed by atoms with Crippen LogP contribution in [0.1, 0.15) is 21.5 Å². The van der Waals surface area contributed by atoms with Gasteiger partial charge in [0.2, 0.25) is 0 Å². The first-order chi connectivity index (χ1) is 9.45. The lowest BCUT2D eigenvalue weighted by atomic mass is 10.0. The van der Waals surface area contributed by atoms with Gasteiger partial charge in [-0.2, -0.15) is 0 Å². The second-order valence-electron chi connectivity index (χ2n) is 4.23. The van der Waals surface area contributed by atoms with Crippen molar-refractivity contribution >= 4 is 5.78 Å². The Balaban J connectivity index is 2.49. The van der Waals surface area contributed by atoms with E-state index in [4.69, 9.17) is 4.74 Å². The molecule has 2 nitrogen and oxygen atoms in total. The van der Waals surface area contributed by atoms with E-state index in [0.717, 1.165) is 12.1 Å². The second kappa shape index (κ2) is 5.36. The Morgan fingerprint density at radius 3 is 2.25 bits per heavy atom. The van der Waals surface area contributed by atoms with Crippen LogP contribution in [-0.2, 0) is 0 Å². The van der Waals surface area contributed by atoms with Gasteiger partial charge in [-0.15, -0.1) is 0 Å². The Morgan fingerprint density at radius 1 is 1.00 bits per heavy atom. The summed E-state index contributed by atoms with van der Waals surface area (Å²) in [5.74, 6) is -3.92. The van der Waals surface area contributed by atoms with Gasteiger partial charge in [0.05, 0.1) is 18.2 Å². The van der Waals surface area contributed by atoms with Gasteiger partial charge in [0.1, 0.15) is 11.6 Å². The number of methoxy groups -OCH3 is 1. The molecule has 0 spiro atoms. The summed E-state index contributed by atoms with van der Waals surface area (Å²) in [6.07, 6.45) is 0. The molecule has 0 unspecified atom stereocenters. The van der Waals surface area contributed by atoms with Crippen LogP contribution >= 0.6 is 0 Å². The van der Waals surface area contributed by atoms with Gasteiger partial charge in [-0.05, 0) is 30.7 Å². The fourth-order valence-corrected chi connectivity index (χ4v) is 1.77. The van der Waals surface area contributed by atoms with Gasteiger partial charge in [-0.3, -0.25) is 4.79 Å². The molecule has 0 fully saturated rings. The zero-order valence-electron chi connectivity index (χ0n) is 10.8. The van der Waals surface area contributed by atoms with Crippen LogP contribution in [-0.4, -0.2) is 12.9 Å². The Bertz CT molecular complexity index is 681. The standard InChI is InChI=1S/C15H11F3O2/c1-8-3-5-11(14(18)13(8)17)15(19)10-6-4-9(20-2)7-12(10)16/h3-7H,1-2H3. The summed E-state index contributed by atoms with van der Waals surface area (Å²) in [7, 11) is 1.35. The summed E-state index contributed by atoms with van der Waals surface area (Å²) in [6, 6.07) is 5.97. The van der Waals surface area contributed by atoms with Crippen molar-refractivity contribution < 1.29 is 22.7 Å². The van der Waals surface area contributed by atoms with Crippen LogP contribution < -0.4 is 4.74 Å². The zero-order chi connectivity index (χ0) is 14.9. The van der Waals surface area contributed by atoms with Gasteiger partial charge in [0, 0.05) is 6.07 Å². The molecule has 104 valence electrons. The van der Waals surface area contributed by atoms with E-state index in [1.54, 1.807) is 0 Å². The lowest BCUT2D eigenvalue weighted by Gasteiger charge is -2.07. The molecule has 0 saturated carbocycles. The average molecular weight is 280 g/mol. The molecule has 0 amide bonds. The predicted octanol–water partition coefficient (Wildman–Crippen LogP) is 3.65. The number of benzene rings is 2. The molecule has 0 aliphatic heterocycles. The predicted molar refractivity (Wildman–Crippen MR) is 67.5 cm³/mol. The summed E-state index contributed by atoms with van der Waals surface area (Å²) in [4.78, 5) is 12.1. The van der Waals surface area contributed by atoms with Crippen LogP contribution in [0.25, 0.3) is 0 Å². The molecule has 0 aliphatic carbocycles. The maximum atomic E-state index is 13.8. The van der Waals surface area contributed by atoms with Crippen molar-refractivity contribution in [3.63, 3.8) is 0 Å². The molecule has 0 N–H and O–H groups in total. The van der Waals surface area contributed by atoms with Crippen molar-refractivity contribution in [2.45, 2.75) is 6.92 Å². The first-order valence-electron chi connectivity index (χ1n) is 5.78. The maximum absolute atomic E-state index is 13.8. The Morgan fingerprint density at radius 2 is 1.65 bits per heavy atom. The zero-order valence-corrected chi connectivity index (χ0v) is 10.8. The molecule has 0 radical (unpaired) electrons. The highest BCUT2D eigenvalue weighted by Crippen LogP contribution is 2.22. The highest BCUT2D eigenvalue weighted by molar-refractivity contribution is 6.09.